The number of ether oxygens (including phenoxy) is 2. The van der Waals surface area contributed by atoms with Gasteiger partial charge < -0.3 is 14.4 Å². The summed E-state index contributed by atoms with van der Waals surface area (Å²) < 4.78 is 12.5. The number of hydrogen-bond donors (Lipinski definition) is 0. The van der Waals surface area contributed by atoms with Crippen molar-refractivity contribution in [2.24, 2.45) is 7.05 Å². The number of piperidine rings is 1. The molecule has 0 spiro atoms. The first-order chi connectivity index (χ1) is 18.7. The number of thioether (sulfide) groups is 1. The molecule has 4 heterocycles. The van der Waals surface area contributed by atoms with Gasteiger partial charge in [0.1, 0.15) is 13.2 Å². The first-order valence-electron chi connectivity index (χ1n) is 13.2. The molecule has 2 saturated heterocycles. The number of aryl methyl sites for hydroxylation is 2. The lowest BCUT2D eigenvalue weighted by atomic mass is 10.0. The quantitative estimate of drug-likeness (QED) is 0.321. The molecule has 10 nitrogen and oxygen atoms in total. The minimum Gasteiger partial charge on any atom is -0.459 e. The van der Waals surface area contributed by atoms with Gasteiger partial charge in [-0.1, -0.05) is 44.2 Å². The molecule has 2 aliphatic heterocycles. The number of carbonyl (C=O) groups is 3. The fourth-order valence-electron chi connectivity index (χ4n) is 5.25. The fraction of sp³-hybridized carbons (Fsp3) is 0.464. The van der Waals surface area contributed by atoms with E-state index in [0.29, 0.717) is 31.5 Å². The standard InChI is InChI=1S/C28H33N5O5S/c1-17(2)39-24-21(14-29-25-23(24)18(3)30-31(25)4)26(34)32-12-10-20(11-13-32)33-22(16-38-28(33)36)27(35)37-15-19-8-6-5-7-9-19/h5-9,14,17,20,22H,10-13,15-16H2,1-4H3. The van der Waals surface area contributed by atoms with Crippen LogP contribution in [0.25, 0.3) is 11.0 Å². The van der Waals surface area contributed by atoms with Gasteiger partial charge in [-0.2, -0.15) is 5.10 Å². The van der Waals surface area contributed by atoms with Crippen LogP contribution in [-0.2, 0) is 27.9 Å². The van der Waals surface area contributed by atoms with Crippen molar-refractivity contribution in [3.8, 4) is 0 Å². The van der Waals surface area contributed by atoms with Gasteiger partial charge in [-0.15, -0.1) is 11.8 Å². The van der Waals surface area contributed by atoms with E-state index < -0.39 is 18.1 Å². The smallest absolute Gasteiger partial charge is 0.410 e. The maximum Gasteiger partial charge on any atom is 0.410 e. The van der Waals surface area contributed by atoms with Crippen LogP contribution in [0.4, 0.5) is 4.79 Å². The summed E-state index contributed by atoms with van der Waals surface area (Å²) in [5.74, 6) is -0.568. The van der Waals surface area contributed by atoms with Crippen molar-refractivity contribution in [1.29, 1.82) is 0 Å². The summed E-state index contributed by atoms with van der Waals surface area (Å²) in [6.07, 6.45) is 2.22. The molecule has 0 N–H and O–H groups in total. The third kappa shape index (κ3) is 5.45. The van der Waals surface area contributed by atoms with E-state index in [2.05, 4.69) is 23.9 Å². The topological polar surface area (TPSA) is 107 Å². The van der Waals surface area contributed by atoms with Crippen LogP contribution in [0.15, 0.2) is 41.4 Å². The van der Waals surface area contributed by atoms with Gasteiger partial charge in [-0.25, -0.2) is 14.6 Å². The molecule has 1 atom stereocenters. The Morgan fingerprint density at radius 1 is 1.18 bits per heavy atom. The number of hydrogen-bond acceptors (Lipinski definition) is 8. The van der Waals surface area contributed by atoms with Crippen LogP contribution < -0.4 is 0 Å². The van der Waals surface area contributed by atoms with Crippen molar-refractivity contribution in [2.45, 2.75) is 62.4 Å². The van der Waals surface area contributed by atoms with Gasteiger partial charge in [0.05, 0.1) is 16.6 Å². The van der Waals surface area contributed by atoms with Crippen molar-refractivity contribution in [3.05, 3.63) is 53.3 Å². The number of esters is 1. The molecule has 0 radical (unpaired) electrons. The normalized spacial score (nSPS) is 18.2. The molecule has 1 unspecified atom stereocenters. The number of amides is 2. The number of cyclic esters (lactones) is 1. The highest BCUT2D eigenvalue weighted by Gasteiger charge is 2.44. The lowest BCUT2D eigenvalue weighted by Crippen LogP contribution is -2.52. The Kier molecular flexibility index (Phi) is 7.79. The Morgan fingerprint density at radius 3 is 2.59 bits per heavy atom. The summed E-state index contributed by atoms with van der Waals surface area (Å²) in [6.45, 7) is 7.14. The van der Waals surface area contributed by atoms with Gasteiger partial charge in [0.15, 0.2) is 11.7 Å². The van der Waals surface area contributed by atoms with Gasteiger partial charge in [0.2, 0.25) is 0 Å². The SMILES string of the molecule is Cc1nn(C)c2ncc(C(=O)N3CCC(N4C(=O)OCC4C(=O)OCc4ccccc4)CC3)c(SC(C)C)c12. The van der Waals surface area contributed by atoms with Gasteiger partial charge in [0, 0.05) is 42.5 Å². The molecule has 2 aliphatic rings. The monoisotopic (exact) mass is 551 g/mol. The van der Waals surface area contributed by atoms with Gasteiger partial charge in [-0.3, -0.25) is 14.4 Å². The van der Waals surface area contributed by atoms with Crippen LogP contribution >= 0.6 is 11.8 Å². The minimum absolute atomic E-state index is 0.0302. The zero-order valence-electron chi connectivity index (χ0n) is 22.6. The summed E-state index contributed by atoms with van der Waals surface area (Å²) in [5.41, 5.74) is 3.04. The summed E-state index contributed by atoms with van der Waals surface area (Å²) in [7, 11) is 1.85. The first-order valence-corrected chi connectivity index (χ1v) is 14.1. The van der Waals surface area contributed by atoms with Crippen molar-refractivity contribution in [1.82, 2.24) is 24.6 Å². The molecule has 2 fully saturated rings. The predicted molar refractivity (Wildman–Crippen MR) is 146 cm³/mol. The average molecular weight is 552 g/mol. The van der Waals surface area contributed by atoms with Crippen LogP contribution in [-0.4, -0.2) is 79.6 Å². The van der Waals surface area contributed by atoms with Crippen LogP contribution in [0.5, 0.6) is 0 Å². The molecule has 5 rings (SSSR count). The summed E-state index contributed by atoms with van der Waals surface area (Å²) in [5, 5.41) is 5.69. The molecular weight excluding hydrogens is 518 g/mol. The Labute approximate surface area is 231 Å². The molecule has 206 valence electrons. The van der Waals surface area contributed by atoms with Gasteiger partial charge in [0.25, 0.3) is 5.91 Å². The molecule has 0 saturated carbocycles. The second-order valence-corrected chi connectivity index (χ2v) is 11.8. The molecule has 2 amide bonds. The van der Waals surface area contributed by atoms with Gasteiger partial charge >= 0.3 is 12.1 Å². The first kappa shape index (κ1) is 27.0. The maximum absolute atomic E-state index is 13.7. The lowest BCUT2D eigenvalue weighted by molar-refractivity contribution is -0.150. The molecule has 2 aromatic heterocycles. The minimum atomic E-state index is -0.789. The molecule has 0 aliphatic carbocycles. The van der Waals surface area contributed by atoms with Crippen LogP contribution in [0.3, 0.4) is 0 Å². The molecule has 1 aromatic carbocycles. The third-order valence-corrected chi connectivity index (χ3v) is 8.25. The zero-order valence-corrected chi connectivity index (χ0v) is 23.4. The van der Waals surface area contributed by atoms with Crippen molar-refractivity contribution in [2.75, 3.05) is 19.7 Å². The van der Waals surface area contributed by atoms with Crippen molar-refractivity contribution < 1.29 is 23.9 Å². The number of likely N-dealkylation sites (tertiary alicyclic amines) is 1. The summed E-state index contributed by atoms with van der Waals surface area (Å²) >= 11 is 1.64. The Bertz CT molecular complexity index is 1380. The van der Waals surface area contributed by atoms with E-state index in [4.69, 9.17) is 9.47 Å². The second kappa shape index (κ2) is 11.3. The number of benzene rings is 1. The van der Waals surface area contributed by atoms with Crippen molar-refractivity contribution in [3.63, 3.8) is 0 Å². The highest BCUT2D eigenvalue weighted by Crippen LogP contribution is 2.36. The summed E-state index contributed by atoms with van der Waals surface area (Å²) in [6, 6.07) is 8.40. The molecule has 11 heteroatoms. The number of carbonyl (C=O) groups excluding carboxylic acids is 3. The van der Waals surface area contributed by atoms with E-state index in [1.54, 1.807) is 27.5 Å². The van der Waals surface area contributed by atoms with E-state index >= 15 is 0 Å². The Balaban J connectivity index is 1.27. The van der Waals surface area contributed by atoms with Crippen LogP contribution in [0.1, 0.15) is 48.3 Å². The maximum atomic E-state index is 13.7. The molecular formula is C28H33N5O5S. The number of nitrogens with zero attached hydrogens (tertiary/aromatic N) is 5. The Hall–Kier alpha value is -3.60. The molecule has 39 heavy (non-hydrogen) atoms. The largest absolute Gasteiger partial charge is 0.459 e. The van der Waals surface area contributed by atoms with E-state index in [1.807, 2.05) is 44.3 Å². The molecule has 3 aromatic rings. The number of aromatic nitrogens is 3. The number of pyridine rings is 1. The van der Waals surface area contributed by atoms with E-state index in [0.717, 1.165) is 27.2 Å². The summed E-state index contributed by atoms with van der Waals surface area (Å²) in [4.78, 5) is 47.9. The third-order valence-electron chi connectivity index (χ3n) is 7.12. The lowest BCUT2D eigenvalue weighted by Gasteiger charge is -2.37. The van der Waals surface area contributed by atoms with E-state index in [9.17, 15) is 14.4 Å². The highest BCUT2D eigenvalue weighted by atomic mass is 32.2. The van der Waals surface area contributed by atoms with Crippen LogP contribution in [0.2, 0.25) is 0 Å². The molecule has 0 bridgehead atoms. The van der Waals surface area contributed by atoms with E-state index in [1.165, 1.54) is 4.90 Å². The number of fused-ring (bicyclic) bond motifs is 1. The predicted octanol–water partition coefficient (Wildman–Crippen LogP) is 3.95. The van der Waals surface area contributed by atoms with Crippen LogP contribution in [0, 0.1) is 6.92 Å². The van der Waals surface area contributed by atoms with Crippen molar-refractivity contribution >= 4 is 40.8 Å². The van der Waals surface area contributed by atoms with Gasteiger partial charge in [-0.05, 0) is 25.3 Å². The fourth-order valence-corrected chi connectivity index (χ4v) is 6.34. The second-order valence-electron chi connectivity index (χ2n) is 10.2. The Morgan fingerprint density at radius 2 is 1.90 bits per heavy atom. The highest BCUT2D eigenvalue weighted by molar-refractivity contribution is 8.00. The zero-order chi connectivity index (χ0) is 27.7. The average Bonchev–Trinajstić information content (AvgIpc) is 3.46. The number of rotatable bonds is 7. The van der Waals surface area contributed by atoms with E-state index in [-0.39, 0.29) is 30.4 Å².